The van der Waals surface area contributed by atoms with Gasteiger partial charge in [-0.1, -0.05) is 24.3 Å². The smallest absolute Gasteiger partial charge is 0.196 e. The van der Waals surface area contributed by atoms with Crippen molar-refractivity contribution in [1.82, 2.24) is 14.6 Å². The van der Waals surface area contributed by atoms with Gasteiger partial charge in [-0.25, -0.2) is 13.8 Å². The first-order valence-electron chi connectivity index (χ1n) is 9.63. The summed E-state index contributed by atoms with van der Waals surface area (Å²) in [5.74, 6) is -1.81. The second kappa shape index (κ2) is 8.14. The number of aliphatic hydroxyl groups excluding tert-OH is 1. The van der Waals surface area contributed by atoms with Crippen LogP contribution in [0.15, 0.2) is 71.8 Å². The number of allylic oxidation sites excluding steroid dienone is 1. The standard InChI is InChI=1S/C23H20F2N4O2/c1-14(30)22(31)21-23-27-11-12-28(23)13-19(29(21)26-2)20(15-3-7-17(24)8-4-15)16-5-9-18(25)10-6-16/h3-12,19-20,31H,2,13H2,1H3/b22-21+. The first-order valence-corrected chi connectivity index (χ1v) is 9.63. The monoisotopic (exact) mass is 422 g/mol. The highest BCUT2D eigenvalue weighted by molar-refractivity contribution is 5.97. The number of imidazole rings is 1. The highest BCUT2D eigenvalue weighted by atomic mass is 19.1. The molecule has 1 aliphatic rings. The third-order valence-electron chi connectivity index (χ3n) is 5.41. The quantitative estimate of drug-likeness (QED) is 0.382. The fraction of sp³-hybridized carbons (Fsp3) is 0.174. The molecule has 4 rings (SSSR count). The fourth-order valence-corrected chi connectivity index (χ4v) is 4.00. The van der Waals surface area contributed by atoms with Gasteiger partial charge in [0.25, 0.3) is 0 Å². The van der Waals surface area contributed by atoms with Gasteiger partial charge in [0.2, 0.25) is 0 Å². The topological polar surface area (TPSA) is 70.7 Å². The fourth-order valence-electron chi connectivity index (χ4n) is 4.00. The molecule has 0 radical (unpaired) electrons. The summed E-state index contributed by atoms with van der Waals surface area (Å²) < 4.78 is 29.1. The molecule has 31 heavy (non-hydrogen) atoms. The minimum Gasteiger partial charge on any atom is -0.503 e. The average Bonchev–Trinajstić information content (AvgIpc) is 3.23. The van der Waals surface area contributed by atoms with Crippen molar-refractivity contribution in [3.63, 3.8) is 0 Å². The van der Waals surface area contributed by atoms with E-state index in [0.717, 1.165) is 11.1 Å². The number of carbonyl (C=O) groups excluding carboxylic acids is 1. The molecule has 3 aromatic rings. The van der Waals surface area contributed by atoms with Crippen LogP contribution in [0.5, 0.6) is 0 Å². The van der Waals surface area contributed by atoms with Crippen molar-refractivity contribution in [1.29, 1.82) is 0 Å². The van der Waals surface area contributed by atoms with Crippen molar-refractivity contribution in [2.24, 2.45) is 5.10 Å². The third kappa shape index (κ3) is 3.72. The van der Waals surface area contributed by atoms with Crippen molar-refractivity contribution < 1.29 is 18.7 Å². The molecule has 2 heterocycles. The lowest BCUT2D eigenvalue weighted by Gasteiger charge is -2.40. The molecule has 0 bridgehead atoms. The summed E-state index contributed by atoms with van der Waals surface area (Å²) in [7, 11) is 0. The average molecular weight is 422 g/mol. The van der Waals surface area contributed by atoms with Crippen LogP contribution in [0.4, 0.5) is 8.78 Å². The molecule has 1 N–H and O–H groups in total. The first-order chi connectivity index (χ1) is 14.9. The van der Waals surface area contributed by atoms with Gasteiger partial charge in [0.1, 0.15) is 17.3 Å². The Balaban J connectivity index is 1.92. The molecule has 1 aromatic heterocycles. The Morgan fingerprint density at radius 2 is 1.68 bits per heavy atom. The number of aliphatic hydroxyl groups is 1. The highest BCUT2D eigenvalue weighted by Crippen LogP contribution is 2.39. The number of ketones is 1. The minimum absolute atomic E-state index is 0.137. The van der Waals surface area contributed by atoms with Crippen molar-refractivity contribution in [2.75, 3.05) is 0 Å². The minimum atomic E-state index is -0.543. The summed E-state index contributed by atoms with van der Waals surface area (Å²) >= 11 is 0. The number of fused-ring (bicyclic) bond motifs is 1. The molecular weight excluding hydrogens is 402 g/mol. The molecule has 1 aliphatic heterocycles. The number of carbonyl (C=O) groups is 1. The second-order valence-electron chi connectivity index (χ2n) is 7.29. The van der Waals surface area contributed by atoms with E-state index in [4.69, 9.17) is 0 Å². The molecule has 2 aromatic carbocycles. The van der Waals surface area contributed by atoms with Gasteiger partial charge in [-0.15, -0.1) is 0 Å². The van der Waals surface area contributed by atoms with E-state index in [1.54, 1.807) is 41.2 Å². The Bertz CT molecular complexity index is 1110. The van der Waals surface area contributed by atoms with Crippen molar-refractivity contribution >= 4 is 18.2 Å². The van der Waals surface area contributed by atoms with E-state index in [0.29, 0.717) is 12.4 Å². The van der Waals surface area contributed by atoms with Crippen LogP contribution in [0.2, 0.25) is 0 Å². The van der Waals surface area contributed by atoms with Crippen LogP contribution >= 0.6 is 0 Å². The number of rotatable bonds is 5. The van der Waals surface area contributed by atoms with Crippen LogP contribution in [0.25, 0.3) is 5.70 Å². The van der Waals surface area contributed by atoms with Crippen LogP contribution in [0, 0.1) is 11.6 Å². The van der Waals surface area contributed by atoms with Crippen LogP contribution in [0.1, 0.15) is 29.8 Å². The molecule has 0 saturated heterocycles. The van der Waals surface area contributed by atoms with Gasteiger partial charge in [0.05, 0.1) is 6.04 Å². The highest BCUT2D eigenvalue weighted by Gasteiger charge is 2.39. The van der Waals surface area contributed by atoms with E-state index in [1.165, 1.54) is 36.2 Å². The number of hydrogen-bond donors (Lipinski definition) is 1. The third-order valence-corrected chi connectivity index (χ3v) is 5.41. The van der Waals surface area contributed by atoms with Gasteiger partial charge >= 0.3 is 0 Å². The number of benzene rings is 2. The number of hydrogen-bond acceptors (Lipinski definition) is 5. The summed E-state index contributed by atoms with van der Waals surface area (Å²) in [4.78, 5) is 16.3. The zero-order chi connectivity index (χ0) is 22.1. The van der Waals surface area contributed by atoms with E-state index in [1.807, 2.05) is 0 Å². The van der Waals surface area contributed by atoms with Crippen molar-refractivity contribution in [3.8, 4) is 0 Å². The number of Topliss-reactive ketones (excluding diaryl/α,β-unsaturated/α-hetero) is 1. The molecule has 0 fully saturated rings. The maximum Gasteiger partial charge on any atom is 0.196 e. The summed E-state index contributed by atoms with van der Waals surface area (Å²) in [6, 6.07) is 11.6. The van der Waals surface area contributed by atoms with Gasteiger partial charge in [-0.2, -0.15) is 5.10 Å². The van der Waals surface area contributed by atoms with E-state index in [-0.39, 0.29) is 17.3 Å². The van der Waals surface area contributed by atoms with Crippen LogP contribution in [-0.4, -0.2) is 38.2 Å². The van der Waals surface area contributed by atoms with Gasteiger partial charge in [-0.05, 0) is 35.4 Å². The zero-order valence-corrected chi connectivity index (χ0v) is 16.7. The lowest BCUT2D eigenvalue weighted by molar-refractivity contribution is -0.116. The molecular formula is C23H20F2N4O2. The van der Waals surface area contributed by atoms with E-state index in [9.17, 15) is 18.7 Å². The molecule has 0 aliphatic carbocycles. The number of aromatic nitrogens is 2. The summed E-state index contributed by atoms with van der Waals surface area (Å²) in [5, 5.41) is 16.2. The Kier molecular flexibility index (Phi) is 5.37. The van der Waals surface area contributed by atoms with E-state index < -0.39 is 23.5 Å². The number of halogens is 2. The van der Waals surface area contributed by atoms with Gasteiger partial charge in [-0.3, -0.25) is 9.80 Å². The number of nitrogens with zero attached hydrogens (tertiary/aromatic N) is 4. The SMILES string of the molecule is C=NN1/C(=C(/O)C(C)=O)c2nccn2CC1C(c1ccc(F)cc1)c1ccc(F)cc1. The van der Waals surface area contributed by atoms with Crippen molar-refractivity contribution in [2.45, 2.75) is 25.4 Å². The molecule has 0 amide bonds. The molecule has 0 saturated carbocycles. The Hall–Kier alpha value is -3.81. The lowest BCUT2D eigenvalue weighted by Crippen LogP contribution is -2.44. The maximum absolute atomic E-state index is 13.6. The Morgan fingerprint density at radius 3 is 2.16 bits per heavy atom. The Labute approximate surface area is 177 Å². The molecule has 8 heteroatoms. The molecule has 158 valence electrons. The molecule has 1 atom stereocenters. The number of hydrazone groups is 1. The van der Waals surface area contributed by atoms with Crippen LogP contribution < -0.4 is 0 Å². The van der Waals surface area contributed by atoms with E-state index in [2.05, 4.69) is 16.8 Å². The van der Waals surface area contributed by atoms with Crippen LogP contribution in [0.3, 0.4) is 0 Å². The predicted molar refractivity (Wildman–Crippen MR) is 112 cm³/mol. The first kappa shape index (κ1) is 20.5. The van der Waals surface area contributed by atoms with Crippen LogP contribution in [-0.2, 0) is 11.3 Å². The van der Waals surface area contributed by atoms with Crippen molar-refractivity contribution in [3.05, 3.63) is 95.3 Å². The maximum atomic E-state index is 13.6. The summed E-state index contributed by atoms with van der Waals surface area (Å²) in [5.41, 5.74) is 1.66. The molecule has 1 unspecified atom stereocenters. The van der Waals surface area contributed by atoms with Gasteiger partial charge in [0.15, 0.2) is 17.4 Å². The zero-order valence-electron chi connectivity index (χ0n) is 16.7. The molecule has 6 nitrogen and oxygen atoms in total. The van der Waals surface area contributed by atoms with Gasteiger partial charge < -0.3 is 9.67 Å². The van der Waals surface area contributed by atoms with Gasteiger partial charge in [0, 0.05) is 38.5 Å². The Morgan fingerprint density at radius 1 is 1.13 bits per heavy atom. The van der Waals surface area contributed by atoms with E-state index >= 15 is 0 Å². The predicted octanol–water partition coefficient (Wildman–Crippen LogP) is 4.11. The largest absolute Gasteiger partial charge is 0.503 e. The second-order valence-corrected chi connectivity index (χ2v) is 7.29. The summed E-state index contributed by atoms with van der Waals surface area (Å²) in [6.45, 7) is 5.28. The molecule has 0 spiro atoms. The lowest BCUT2D eigenvalue weighted by atomic mass is 9.83. The summed E-state index contributed by atoms with van der Waals surface area (Å²) in [6.07, 6.45) is 3.31. The normalized spacial score (nSPS) is 17.4.